The molecule has 0 radical (unpaired) electrons. The highest BCUT2D eigenvalue weighted by Crippen LogP contribution is 2.27. The summed E-state index contributed by atoms with van der Waals surface area (Å²) in [6, 6.07) is 0.550. The van der Waals surface area contributed by atoms with E-state index in [1.807, 2.05) is 6.20 Å². The lowest BCUT2D eigenvalue weighted by Gasteiger charge is -2.25. The number of hydrogen-bond acceptors (Lipinski definition) is 4. The first-order valence-corrected chi connectivity index (χ1v) is 7.66. The first-order valence-electron chi connectivity index (χ1n) is 7.12. The van der Waals surface area contributed by atoms with Crippen molar-refractivity contribution in [2.45, 2.75) is 45.1 Å². The fraction of sp³-hybridized carbons (Fsp3) is 0.714. The van der Waals surface area contributed by atoms with Crippen molar-refractivity contribution in [3.63, 3.8) is 0 Å². The number of nitrogens with zero attached hydrogens (tertiary/aromatic N) is 3. The molecule has 0 saturated carbocycles. The standard InChI is InChI=1S/C14H22ClN3O/c1-2-9-19-14-11-16-10-13(17-14)18-8-4-6-12(18)5-3-7-15/h10-12H,2-9H2,1H3. The van der Waals surface area contributed by atoms with Gasteiger partial charge in [-0.05, 0) is 32.1 Å². The Morgan fingerprint density at radius 2 is 2.37 bits per heavy atom. The van der Waals surface area contributed by atoms with Crippen LogP contribution in [0.25, 0.3) is 0 Å². The first-order chi connectivity index (χ1) is 9.35. The summed E-state index contributed by atoms with van der Waals surface area (Å²) in [4.78, 5) is 11.1. The molecule has 106 valence electrons. The third-order valence-electron chi connectivity index (χ3n) is 3.40. The van der Waals surface area contributed by atoms with E-state index in [1.165, 1.54) is 12.8 Å². The summed E-state index contributed by atoms with van der Waals surface area (Å²) < 4.78 is 5.55. The van der Waals surface area contributed by atoms with Gasteiger partial charge in [0.15, 0.2) is 5.82 Å². The zero-order valence-electron chi connectivity index (χ0n) is 11.5. The molecule has 1 saturated heterocycles. The molecular formula is C14H22ClN3O. The zero-order valence-corrected chi connectivity index (χ0v) is 12.3. The van der Waals surface area contributed by atoms with E-state index in [2.05, 4.69) is 21.8 Å². The van der Waals surface area contributed by atoms with Crippen LogP contribution in [-0.4, -0.2) is 35.0 Å². The van der Waals surface area contributed by atoms with Gasteiger partial charge in [0.2, 0.25) is 5.88 Å². The molecule has 1 atom stereocenters. The van der Waals surface area contributed by atoms with Crippen LogP contribution < -0.4 is 9.64 Å². The highest BCUT2D eigenvalue weighted by Gasteiger charge is 2.25. The van der Waals surface area contributed by atoms with Crippen LogP contribution in [0, 0.1) is 0 Å². The Morgan fingerprint density at radius 3 is 3.16 bits per heavy atom. The van der Waals surface area contributed by atoms with Crippen LogP contribution in [0.5, 0.6) is 5.88 Å². The van der Waals surface area contributed by atoms with Gasteiger partial charge in [-0.2, -0.15) is 4.98 Å². The van der Waals surface area contributed by atoms with Crippen molar-refractivity contribution in [3.8, 4) is 5.88 Å². The quantitative estimate of drug-likeness (QED) is 0.720. The summed E-state index contributed by atoms with van der Waals surface area (Å²) in [6.45, 7) is 3.83. The molecule has 2 heterocycles. The van der Waals surface area contributed by atoms with Gasteiger partial charge in [-0.25, -0.2) is 0 Å². The van der Waals surface area contributed by atoms with Crippen molar-refractivity contribution in [3.05, 3.63) is 12.4 Å². The number of rotatable bonds is 7. The third kappa shape index (κ3) is 3.96. The smallest absolute Gasteiger partial charge is 0.234 e. The Labute approximate surface area is 120 Å². The monoisotopic (exact) mass is 283 g/mol. The molecule has 0 aromatic carbocycles. The van der Waals surface area contributed by atoms with Crippen molar-refractivity contribution in [1.29, 1.82) is 0 Å². The number of anilines is 1. The van der Waals surface area contributed by atoms with Crippen LogP contribution in [0.15, 0.2) is 12.4 Å². The number of alkyl halides is 1. The predicted octanol–water partition coefficient (Wildman–Crippen LogP) is 3.25. The van der Waals surface area contributed by atoms with Crippen molar-refractivity contribution in [1.82, 2.24) is 9.97 Å². The molecule has 1 aromatic heterocycles. The second-order valence-corrected chi connectivity index (χ2v) is 5.26. The molecule has 1 aliphatic rings. The van der Waals surface area contributed by atoms with E-state index in [4.69, 9.17) is 16.3 Å². The average molecular weight is 284 g/mol. The number of hydrogen-bond donors (Lipinski definition) is 0. The van der Waals surface area contributed by atoms with Crippen molar-refractivity contribution >= 4 is 17.4 Å². The predicted molar refractivity (Wildman–Crippen MR) is 78.1 cm³/mol. The minimum Gasteiger partial charge on any atom is -0.477 e. The van der Waals surface area contributed by atoms with E-state index in [9.17, 15) is 0 Å². The van der Waals surface area contributed by atoms with Crippen LogP contribution >= 0.6 is 11.6 Å². The zero-order chi connectivity index (χ0) is 13.5. The van der Waals surface area contributed by atoms with Crippen LogP contribution in [0.1, 0.15) is 39.0 Å². The van der Waals surface area contributed by atoms with Crippen LogP contribution in [0.4, 0.5) is 5.82 Å². The van der Waals surface area contributed by atoms with Gasteiger partial charge in [0, 0.05) is 18.5 Å². The Morgan fingerprint density at radius 1 is 1.47 bits per heavy atom. The molecule has 0 N–H and O–H groups in total. The van der Waals surface area contributed by atoms with E-state index in [-0.39, 0.29) is 0 Å². The summed E-state index contributed by atoms with van der Waals surface area (Å²) in [7, 11) is 0. The van der Waals surface area contributed by atoms with E-state index in [0.29, 0.717) is 18.5 Å². The summed E-state index contributed by atoms with van der Waals surface area (Å²) in [6.07, 6.45) is 9.12. The minimum atomic E-state index is 0.550. The highest BCUT2D eigenvalue weighted by molar-refractivity contribution is 6.17. The maximum absolute atomic E-state index is 5.79. The van der Waals surface area contributed by atoms with Crippen LogP contribution in [-0.2, 0) is 0 Å². The topological polar surface area (TPSA) is 38.2 Å². The summed E-state index contributed by atoms with van der Waals surface area (Å²) in [5.74, 6) is 2.29. The van der Waals surface area contributed by atoms with Crippen molar-refractivity contribution in [2.24, 2.45) is 0 Å². The van der Waals surface area contributed by atoms with E-state index in [1.54, 1.807) is 6.20 Å². The number of ether oxygens (including phenoxy) is 1. The van der Waals surface area contributed by atoms with Gasteiger partial charge < -0.3 is 9.64 Å². The minimum absolute atomic E-state index is 0.550. The van der Waals surface area contributed by atoms with E-state index in [0.717, 1.165) is 37.5 Å². The van der Waals surface area contributed by atoms with Gasteiger partial charge in [0.25, 0.3) is 0 Å². The Bertz CT molecular complexity index is 389. The van der Waals surface area contributed by atoms with Gasteiger partial charge in [-0.15, -0.1) is 11.6 Å². The third-order valence-corrected chi connectivity index (χ3v) is 3.66. The molecule has 0 bridgehead atoms. The summed E-state index contributed by atoms with van der Waals surface area (Å²) in [5, 5.41) is 0. The molecule has 5 heteroatoms. The molecule has 0 spiro atoms. The van der Waals surface area contributed by atoms with Gasteiger partial charge in [-0.1, -0.05) is 6.92 Å². The SMILES string of the molecule is CCCOc1cncc(N2CCCC2CCCCl)n1. The molecule has 0 aliphatic carbocycles. The molecule has 1 fully saturated rings. The molecule has 19 heavy (non-hydrogen) atoms. The highest BCUT2D eigenvalue weighted by atomic mass is 35.5. The maximum Gasteiger partial charge on any atom is 0.234 e. The van der Waals surface area contributed by atoms with E-state index >= 15 is 0 Å². The fourth-order valence-electron chi connectivity index (χ4n) is 2.50. The van der Waals surface area contributed by atoms with Crippen molar-refractivity contribution in [2.75, 3.05) is 23.9 Å². The van der Waals surface area contributed by atoms with E-state index < -0.39 is 0 Å². The molecule has 4 nitrogen and oxygen atoms in total. The lowest BCUT2D eigenvalue weighted by molar-refractivity contribution is 0.304. The second kappa shape index (κ2) is 7.53. The largest absolute Gasteiger partial charge is 0.477 e. The molecule has 1 aliphatic heterocycles. The molecule has 1 unspecified atom stereocenters. The Balaban J connectivity index is 2.03. The van der Waals surface area contributed by atoms with Gasteiger partial charge in [-0.3, -0.25) is 4.98 Å². The maximum atomic E-state index is 5.79. The van der Waals surface area contributed by atoms with Crippen LogP contribution in [0.3, 0.4) is 0 Å². The molecule has 0 amide bonds. The summed E-state index contributed by atoms with van der Waals surface area (Å²) in [5.41, 5.74) is 0. The molecular weight excluding hydrogens is 262 g/mol. The molecule has 2 rings (SSSR count). The normalized spacial score (nSPS) is 18.8. The number of aromatic nitrogens is 2. The fourth-order valence-corrected chi connectivity index (χ4v) is 2.66. The molecule has 1 aromatic rings. The van der Waals surface area contributed by atoms with Crippen molar-refractivity contribution < 1.29 is 4.74 Å². The average Bonchev–Trinajstić information content (AvgIpc) is 2.91. The second-order valence-electron chi connectivity index (χ2n) is 4.88. The Hall–Kier alpha value is -1.03. The van der Waals surface area contributed by atoms with Gasteiger partial charge >= 0.3 is 0 Å². The number of halogens is 1. The Kier molecular flexibility index (Phi) is 5.70. The van der Waals surface area contributed by atoms with Gasteiger partial charge in [0.05, 0.1) is 19.0 Å². The summed E-state index contributed by atoms with van der Waals surface area (Å²) >= 11 is 5.79. The lowest BCUT2D eigenvalue weighted by atomic mass is 10.1. The lowest BCUT2D eigenvalue weighted by Crippen LogP contribution is -2.30. The van der Waals surface area contributed by atoms with Gasteiger partial charge in [0.1, 0.15) is 0 Å². The van der Waals surface area contributed by atoms with Crippen LogP contribution in [0.2, 0.25) is 0 Å². The first kappa shape index (κ1) is 14.4.